The van der Waals surface area contributed by atoms with Gasteiger partial charge in [-0.2, -0.15) is 0 Å². The van der Waals surface area contributed by atoms with E-state index in [0.29, 0.717) is 0 Å². The van der Waals surface area contributed by atoms with Crippen molar-refractivity contribution in [3.05, 3.63) is 41.0 Å². The molecule has 15 heavy (non-hydrogen) atoms. The topological polar surface area (TPSA) is 0 Å². The molecule has 0 amide bonds. The highest BCUT2D eigenvalue weighted by Gasteiger charge is 2.11. The predicted octanol–water partition coefficient (Wildman–Crippen LogP) is 3.51. The van der Waals surface area contributed by atoms with Crippen LogP contribution < -0.4 is 0 Å². The number of rotatable bonds is 0. The van der Waals surface area contributed by atoms with Crippen molar-refractivity contribution in [2.75, 3.05) is 0 Å². The van der Waals surface area contributed by atoms with Gasteiger partial charge in [-0.05, 0) is 17.2 Å². The van der Waals surface area contributed by atoms with Gasteiger partial charge in [0.2, 0.25) is 0 Å². The molecule has 2 rings (SSSR count). The fourth-order valence-electron chi connectivity index (χ4n) is 1.63. The first kappa shape index (κ1) is 10.3. The molecule has 0 unspecified atom stereocenters. The number of fused-ring (bicyclic) bond motifs is 1. The predicted molar refractivity (Wildman–Crippen MR) is 69.2 cm³/mol. The molecule has 1 heteroatoms. The fraction of sp³-hybridized carbons (Fsp3) is 0.286. The van der Waals surface area contributed by atoms with Gasteiger partial charge in [0.15, 0.2) is 0 Å². The van der Waals surface area contributed by atoms with Crippen LogP contribution in [0.25, 0.3) is 6.08 Å². The molecule has 1 aromatic carbocycles. The summed E-state index contributed by atoms with van der Waals surface area (Å²) < 4.78 is 0. The van der Waals surface area contributed by atoms with Crippen LogP contribution in [-0.2, 0) is 6.42 Å². The molecule has 0 aliphatic heterocycles. The Hall–Kier alpha value is -1.26. The minimum atomic E-state index is -1.23. The van der Waals surface area contributed by atoms with Crippen LogP contribution in [0.1, 0.15) is 11.1 Å². The van der Waals surface area contributed by atoms with Gasteiger partial charge < -0.3 is 0 Å². The normalized spacial score (nSPS) is 13.9. The number of benzene rings is 1. The lowest BCUT2D eigenvalue weighted by Gasteiger charge is -2.03. The third kappa shape index (κ3) is 2.61. The molecular weight excluding hydrogens is 196 g/mol. The van der Waals surface area contributed by atoms with E-state index in [1.807, 2.05) is 0 Å². The van der Waals surface area contributed by atoms with Gasteiger partial charge in [0.05, 0.1) is 0 Å². The summed E-state index contributed by atoms with van der Waals surface area (Å²) in [4.78, 5) is 0. The van der Waals surface area contributed by atoms with E-state index in [1.165, 1.54) is 16.7 Å². The maximum Gasteiger partial charge on any atom is 0.129 e. The Bertz CT molecular complexity index is 464. The van der Waals surface area contributed by atoms with Crippen LogP contribution in [-0.4, -0.2) is 8.07 Å². The summed E-state index contributed by atoms with van der Waals surface area (Å²) in [5.74, 6) is 3.34. The quantitative estimate of drug-likeness (QED) is 0.456. The molecule has 0 heterocycles. The zero-order chi connectivity index (χ0) is 10.9. The van der Waals surface area contributed by atoms with E-state index < -0.39 is 8.07 Å². The number of hydrogen-bond acceptors (Lipinski definition) is 0. The Morgan fingerprint density at radius 2 is 1.87 bits per heavy atom. The largest absolute Gasteiger partial charge is 0.129 e. The van der Waals surface area contributed by atoms with Crippen molar-refractivity contribution >= 4 is 14.1 Å². The Kier molecular flexibility index (Phi) is 2.54. The van der Waals surface area contributed by atoms with Gasteiger partial charge in [0.25, 0.3) is 0 Å². The van der Waals surface area contributed by atoms with E-state index in [4.69, 9.17) is 0 Å². The lowest BCUT2D eigenvalue weighted by Crippen LogP contribution is -2.16. The molecule has 76 valence electrons. The molecule has 0 spiro atoms. The van der Waals surface area contributed by atoms with Crippen LogP contribution in [0.5, 0.6) is 0 Å². The Morgan fingerprint density at radius 1 is 1.13 bits per heavy atom. The highest BCUT2D eigenvalue weighted by Crippen LogP contribution is 2.23. The van der Waals surface area contributed by atoms with E-state index in [9.17, 15) is 0 Å². The summed E-state index contributed by atoms with van der Waals surface area (Å²) in [5, 5.41) is 0. The van der Waals surface area contributed by atoms with Crippen LogP contribution in [0.4, 0.5) is 0 Å². The highest BCUT2D eigenvalue weighted by atomic mass is 28.3. The monoisotopic (exact) mass is 212 g/mol. The summed E-state index contributed by atoms with van der Waals surface area (Å²) >= 11 is 0. The number of hydrogen-bond donors (Lipinski definition) is 0. The summed E-state index contributed by atoms with van der Waals surface area (Å²) in [7, 11) is -1.23. The zero-order valence-electron chi connectivity index (χ0n) is 9.59. The van der Waals surface area contributed by atoms with Gasteiger partial charge in [-0.15, -0.1) is 5.54 Å². The molecule has 0 nitrogen and oxygen atoms in total. The van der Waals surface area contributed by atoms with Gasteiger partial charge in [0, 0.05) is 12.0 Å². The third-order valence-electron chi connectivity index (χ3n) is 2.36. The average Bonchev–Trinajstić information content (AvgIpc) is 2.56. The van der Waals surface area contributed by atoms with Gasteiger partial charge in [0.1, 0.15) is 8.07 Å². The standard InChI is InChI=1S/C14H16Si/c1-15(2,3)9-8-12-10-13-6-4-5-7-14(13)11-12/h4-7,10H,11H2,1-3H3. The molecule has 0 atom stereocenters. The molecule has 0 N–H and O–H groups in total. The fourth-order valence-corrected chi connectivity index (χ4v) is 2.16. The van der Waals surface area contributed by atoms with Gasteiger partial charge in [-0.25, -0.2) is 0 Å². The molecule has 0 aromatic heterocycles. The van der Waals surface area contributed by atoms with Crippen LogP contribution in [0, 0.1) is 11.5 Å². The van der Waals surface area contributed by atoms with Crippen LogP contribution in [0.15, 0.2) is 29.8 Å². The molecular formula is C14H16Si. The van der Waals surface area contributed by atoms with Crippen LogP contribution in [0.2, 0.25) is 19.6 Å². The maximum atomic E-state index is 3.42. The van der Waals surface area contributed by atoms with Gasteiger partial charge >= 0.3 is 0 Å². The SMILES string of the molecule is C[Si](C)(C)C#CC1=Cc2ccccc2C1. The van der Waals surface area contributed by atoms with Crippen molar-refractivity contribution in [1.29, 1.82) is 0 Å². The van der Waals surface area contributed by atoms with Crippen molar-refractivity contribution < 1.29 is 0 Å². The smallest absolute Gasteiger partial charge is 0.127 e. The highest BCUT2D eigenvalue weighted by molar-refractivity contribution is 6.83. The zero-order valence-corrected chi connectivity index (χ0v) is 10.6. The third-order valence-corrected chi connectivity index (χ3v) is 3.24. The molecule has 0 fully saturated rings. The van der Waals surface area contributed by atoms with Crippen molar-refractivity contribution in [1.82, 2.24) is 0 Å². The van der Waals surface area contributed by atoms with Gasteiger partial charge in [-0.1, -0.05) is 49.8 Å². The lowest BCUT2D eigenvalue weighted by molar-refractivity contribution is 1.26. The van der Waals surface area contributed by atoms with Crippen LogP contribution in [0.3, 0.4) is 0 Å². The molecule has 0 radical (unpaired) electrons. The summed E-state index contributed by atoms with van der Waals surface area (Å²) in [6.45, 7) is 6.84. The second-order valence-corrected chi connectivity index (χ2v) is 9.80. The summed E-state index contributed by atoms with van der Waals surface area (Å²) in [5.41, 5.74) is 7.45. The second kappa shape index (κ2) is 3.71. The first-order valence-electron chi connectivity index (χ1n) is 5.36. The summed E-state index contributed by atoms with van der Waals surface area (Å²) in [6.07, 6.45) is 3.25. The minimum absolute atomic E-state index is 1.02. The number of allylic oxidation sites excluding steroid dienone is 1. The molecule has 1 aliphatic carbocycles. The van der Waals surface area contributed by atoms with E-state index in [-0.39, 0.29) is 0 Å². The Morgan fingerprint density at radius 3 is 2.53 bits per heavy atom. The van der Waals surface area contributed by atoms with E-state index in [0.717, 1.165) is 6.42 Å². The van der Waals surface area contributed by atoms with E-state index in [2.05, 4.69) is 61.4 Å². The van der Waals surface area contributed by atoms with Crippen LogP contribution >= 0.6 is 0 Å². The second-order valence-electron chi connectivity index (χ2n) is 5.05. The van der Waals surface area contributed by atoms with Crippen molar-refractivity contribution in [3.8, 4) is 11.5 Å². The van der Waals surface area contributed by atoms with Crippen molar-refractivity contribution in [2.24, 2.45) is 0 Å². The Balaban J connectivity index is 2.21. The summed E-state index contributed by atoms with van der Waals surface area (Å²) in [6, 6.07) is 8.54. The van der Waals surface area contributed by atoms with Crippen molar-refractivity contribution in [3.63, 3.8) is 0 Å². The van der Waals surface area contributed by atoms with Crippen molar-refractivity contribution in [2.45, 2.75) is 26.1 Å². The first-order valence-corrected chi connectivity index (χ1v) is 8.86. The lowest BCUT2D eigenvalue weighted by atomic mass is 10.1. The van der Waals surface area contributed by atoms with E-state index >= 15 is 0 Å². The molecule has 1 aliphatic rings. The first-order chi connectivity index (χ1) is 7.04. The van der Waals surface area contributed by atoms with Gasteiger partial charge in [-0.3, -0.25) is 0 Å². The minimum Gasteiger partial charge on any atom is -0.127 e. The average molecular weight is 212 g/mol. The molecule has 0 bridgehead atoms. The maximum absolute atomic E-state index is 3.42. The molecule has 1 aromatic rings. The van der Waals surface area contributed by atoms with E-state index in [1.54, 1.807) is 0 Å². The molecule has 0 saturated heterocycles. The Labute approximate surface area is 93.0 Å². The molecule has 0 saturated carbocycles.